The molecule has 30 heavy (non-hydrogen) atoms. The molecule has 0 saturated carbocycles. The minimum Gasteiger partial charge on any atom is -0.484 e. The van der Waals surface area contributed by atoms with Crippen LogP contribution in [0.15, 0.2) is 42.5 Å². The highest BCUT2D eigenvalue weighted by atomic mass is 127. The van der Waals surface area contributed by atoms with E-state index in [0.717, 1.165) is 9.99 Å². The van der Waals surface area contributed by atoms with Crippen molar-refractivity contribution in [1.82, 2.24) is 10.2 Å². The van der Waals surface area contributed by atoms with Crippen LogP contribution in [0.3, 0.4) is 0 Å². The Labute approximate surface area is 201 Å². The Morgan fingerprint density at radius 1 is 1.13 bits per heavy atom. The second kappa shape index (κ2) is 12.4. The van der Waals surface area contributed by atoms with Gasteiger partial charge in [0.25, 0.3) is 5.91 Å². The van der Waals surface area contributed by atoms with Crippen molar-refractivity contribution in [1.29, 1.82) is 0 Å². The van der Waals surface area contributed by atoms with Crippen molar-refractivity contribution in [2.45, 2.75) is 39.3 Å². The molecule has 0 heterocycles. The standard InChI is InChI=1S/C22H25Cl2IN2O3/c1-3-11-26-22(29)20(4-2)27(13-15-5-6-16(23)12-19(15)24)21(28)14-30-18-9-7-17(25)8-10-18/h5-10,12,20H,3-4,11,13-14H2,1-2H3,(H,26,29). The van der Waals surface area contributed by atoms with Gasteiger partial charge in [-0.25, -0.2) is 0 Å². The van der Waals surface area contributed by atoms with Gasteiger partial charge in [0.05, 0.1) is 0 Å². The minimum absolute atomic E-state index is 0.177. The number of nitrogens with one attached hydrogen (secondary N) is 1. The fraction of sp³-hybridized carbons (Fsp3) is 0.364. The molecule has 0 aromatic heterocycles. The number of benzene rings is 2. The molecule has 1 N–H and O–H groups in total. The Bertz CT molecular complexity index is 862. The number of rotatable bonds is 10. The SMILES string of the molecule is CCCNC(=O)C(CC)N(Cc1ccc(Cl)cc1Cl)C(=O)COc1ccc(I)cc1. The van der Waals surface area contributed by atoms with Crippen LogP contribution in [0.2, 0.25) is 10.0 Å². The van der Waals surface area contributed by atoms with Gasteiger partial charge >= 0.3 is 0 Å². The fourth-order valence-electron chi connectivity index (χ4n) is 2.88. The van der Waals surface area contributed by atoms with Crippen molar-refractivity contribution in [3.63, 3.8) is 0 Å². The predicted octanol–water partition coefficient (Wildman–Crippen LogP) is 5.31. The smallest absolute Gasteiger partial charge is 0.261 e. The molecule has 0 aliphatic heterocycles. The molecule has 0 aliphatic carbocycles. The second-order valence-electron chi connectivity index (χ2n) is 6.72. The van der Waals surface area contributed by atoms with Crippen LogP contribution in [0, 0.1) is 3.57 Å². The van der Waals surface area contributed by atoms with E-state index in [1.165, 1.54) is 4.90 Å². The quantitative estimate of drug-likeness (QED) is 0.399. The predicted molar refractivity (Wildman–Crippen MR) is 129 cm³/mol. The lowest BCUT2D eigenvalue weighted by Crippen LogP contribution is -2.50. The van der Waals surface area contributed by atoms with Crippen molar-refractivity contribution >= 4 is 57.6 Å². The topological polar surface area (TPSA) is 58.6 Å². The first-order valence-electron chi connectivity index (χ1n) is 9.75. The van der Waals surface area contributed by atoms with Crippen LogP contribution in [-0.2, 0) is 16.1 Å². The van der Waals surface area contributed by atoms with Gasteiger partial charge in [0.1, 0.15) is 11.8 Å². The van der Waals surface area contributed by atoms with E-state index in [-0.39, 0.29) is 25.0 Å². The Kier molecular flexibility index (Phi) is 10.2. The number of carbonyl (C=O) groups is 2. The molecule has 2 aromatic rings. The summed E-state index contributed by atoms with van der Waals surface area (Å²) in [4.78, 5) is 27.3. The highest BCUT2D eigenvalue weighted by Crippen LogP contribution is 2.24. The Morgan fingerprint density at radius 3 is 2.43 bits per heavy atom. The average molecular weight is 563 g/mol. The first-order chi connectivity index (χ1) is 14.3. The molecule has 0 aliphatic rings. The second-order valence-corrected chi connectivity index (χ2v) is 8.80. The lowest BCUT2D eigenvalue weighted by atomic mass is 10.1. The van der Waals surface area contributed by atoms with Crippen molar-refractivity contribution in [2.24, 2.45) is 0 Å². The van der Waals surface area contributed by atoms with Crippen molar-refractivity contribution in [3.05, 3.63) is 61.6 Å². The lowest BCUT2D eigenvalue weighted by molar-refractivity contribution is -0.143. The van der Waals surface area contributed by atoms with Crippen LogP contribution < -0.4 is 10.1 Å². The van der Waals surface area contributed by atoms with Gasteiger partial charge in [0.15, 0.2) is 6.61 Å². The van der Waals surface area contributed by atoms with Crippen LogP contribution in [-0.4, -0.2) is 35.9 Å². The molecule has 0 bridgehead atoms. The average Bonchev–Trinajstić information content (AvgIpc) is 2.73. The van der Waals surface area contributed by atoms with Gasteiger partial charge in [-0.2, -0.15) is 0 Å². The summed E-state index contributed by atoms with van der Waals surface area (Å²) < 4.78 is 6.74. The number of carbonyl (C=O) groups excluding carboxylic acids is 2. The van der Waals surface area contributed by atoms with Crippen LogP contribution in [0.5, 0.6) is 5.75 Å². The Balaban J connectivity index is 2.22. The fourth-order valence-corrected chi connectivity index (χ4v) is 3.71. The van der Waals surface area contributed by atoms with Crippen molar-refractivity contribution in [2.75, 3.05) is 13.2 Å². The van der Waals surface area contributed by atoms with E-state index >= 15 is 0 Å². The maximum absolute atomic E-state index is 13.1. The van der Waals surface area contributed by atoms with Crippen LogP contribution in [0.25, 0.3) is 0 Å². The minimum atomic E-state index is -0.629. The van der Waals surface area contributed by atoms with E-state index in [0.29, 0.717) is 34.3 Å². The lowest BCUT2D eigenvalue weighted by Gasteiger charge is -2.30. The third-order valence-corrected chi connectivity index (χ3v) is 5.77. The van der Waals surface area contributed by atoms with E-state index in [2.05, 4.69) is 27.9 Å². The molecule has 2 aromatic carbocycles. The molecule has 8 heteroatoms. The number of hydrogen-bond donors (Lipinski definition) is 1. The molecular formula is C22H25Cl2IN2O3. The van der Waals surface area contributed by atoms with Gasteiger partial charge in [0.2, 0.25) is 5.91 Å². The Hall–Kier alpha value is -1.51. The van der Waals surface area contributed by atoms with Crippen molar-refractivity contribution in [3.8, 4) is 5.75 Å². The normalized spacial score (nSPS) is 11.6. The highest BCUT2D eigenvalue weighted by Gasteiger charge is 2.29. The molecule has 2 rings (SSSR count). The number of halogens is 3. The maximum Gasteiger partial charge on any atom is 0.261 e. The third-order valence-electron chi connectivity index (χ3n) is 4.47. The molecule has 0 saturated heterocycles. The van der Waals surface area contributed by atoms with Gasteiger partial charge in [-0.3, -0.25) is 9.59 Å². The summed E-state index contributed by atoms with van der Waals surface area (Å²) >= 11 is 14.5. The molecule has 162 valence electrons. The summed E-state index contributed by atoms with van der Waals surface area (Å²) in [6.07, 6.45) is 1.28. The highest BCUT2D eigenvalue weighted by molar-refractivity contribution is 14.1. The molecule has 0 spiro atoms. The molecular weight excluding hydrogens is 538 g/mol. The third kappa shape index (κ3) is 7.32. The zero-order valence-electron chi connectivity index (χ0n) is 17.0. The van der Waals surface area contributed by atoms with Gasteiger partial charge in [0, 0.05) is 26.7 Å². The first-order valence-corrected chi connectivity index (χ1v) is 11.6. The summed E-state index contributed by atoms with van der Waals surface area (Å²) in [6.45, 7) is 4.41. The van der Waals surface area contributed by atoms with Crippen LogP contribution in [0.4, 0.5) is 0 Å². The first kappa shape index (κ1) is 24.8. The van der Waals surface area contributed by atoms with E-state index < -0.39 is 6.04 Å². The van der Waals surface area contributed by atoms with E-state index in [9.17, 15) is 9.59 Å². The largest absolute Gasteiger partial charge is 0.484 e. The molecule has 5 nitrogen and oxygen atoms in total. The maximum atomic E-state index is 13.1. The van der Waals surface area contributed by atoms with Gasteiger partial charge in [-0.1, -0.05) is 43.1 Å². The number of nitrogens with zero attached hydrogens (tertiary/aromatic N) is 1. The van der Waals surface area contributed by atoms with Gasteiger partial charge in [-0.05, 0) is 77.4 Å². The summed E-state index contributed by atoms with van der Waals surface area (Å²) in [6, 6.07) is 11.9. The monoisotopic (exact) mass is 562 g/mol. The molecule has 1 atom stereocenters. The van der Waals surface area contributed by atoms with Crippen LogP contribution >= 0.6 is 45.8 Å². The van der Waals surface area contributed by atoms with E-state index in [1.807, 2.05) is 26.0 Å². The van der Waals surface area contributed by atoms with Crippen molar-refractivity contribution < 1.29 is 14.3 Å². The molecule has 0 radical (unpaired) electrons. The summed E-state index contributed by atoms with van der Waals surface area (Å²) in [5, 5.41) is 3.84. The Morgan fingerprint density at radius 2 is 1.83 bits per heavy atom. The number of amides is 2. The number of hydrogen-bond acceptors (Lipinski definition) is 3. The zero-order valence-corrected chi connectivity index (χ0v) is 20.6. The van der Waals surface area contributed by atoms with Crippen LogP contribution in [0.1, 0.15) is 32.3 Å². The molecule has 0 fully saturated rings. The van der Waals surface area contributed by atoms with E-state index in [4.69, 9.17) is 27.9 Å². The summed E-state index contributed by atoms with van der Waals surface area (Å²) in [5.74, 6) is 0.113. The summed E-state index contributed by atoms with van der Waals surface area (Å²) in [7, 11) is 0. The zero-order chi connectivity index (χ0) is 22.1. The summed E-state index contributed by atoms with van der Waals surface area (Å²) in [5.41, 5.74) is 0.713. The van der Waals surface area contributed by atoms with E-state index in [1.54, 1.807) is 30.3 Å². The van der Waals surface area contributed by atoms with Gasteiger partial charge in [-0.15, -0.1) is 0 Å². The van der Waals surface area contributed by atoms with Gasteiger partial charge < -0.3 is 15.0 Å². The number of ether oxygens (including phenoxy) is 1. The molecule has 2 amide bonds. The molecule has 1 unspecified atom stereocenters.